The van der Waals surface area contributed by atoms with E-state index in [0.29, 0.717) is 47.6 Å². The largest absolute Gasteiger partial charge is 0.351 e. The second-order valence-electron chi connectivity index (χ2n) is 8.44. The number of likely N-dealkylation sites (N-methyl/N-ethyl adjacent to an activating group) is 1. The van der Waals surface area contributed by atoms with Crippen molar-refractivity contribution < 1.29 is 4.79 Å². The van der Waals surface area contributed by atoms with Crippen LogP contribution in [0.25, 0.3) is 16.5 Å². The highest BCUT2D eigenvalue weighted by Crippen LogP contribution is 2.33. The van der Waals surface area contributed by atoms with Crippen LogP contribution in [0.5, 0.6) is 0 Å². The lowest BCUT2D eigenvalue weighted by atomic mass is 10.0. The van der Waals surface area contributed by atoms with Crippen molar-refractivity contribution in [2.45, 2.75) is 13.0 Å². The van der Waals surface area contributed by atoms with Crippen molar-refractivity contribution in [3.8, 4) is 6.07 Å². The number of allylic oxidation sites excluding steroid dienone is 5. The topological polar surface area (TPSA) is 76.4 Å². The van der Waals surface area contributed by atoms with Gasteiger partial charge >= 0.3 is 0 Å². The van der Waals surface area contributed by atoms with Gasteiger partial charge in [-0.05, 0) is 50.4 Å². The average Bonchev–Trinajstić information content (AvgIpc) is 2.85. The highest BCUT2D eigenvalue weighted by atomic mass is 35.5. The van der Waals surface area contributed by atoms with E-state index >= 15 is 0 Å². The van der Waals surface area contributed by atoms with Crippen LogP contribution in [0.2, 0.25) is 5.02 Å². The van der Waals surface area contributed by atoms with Gasteiger partial charge in [0.2, 0.25) is 5.91 Å². The number of nitrogens with zero attached hydrogens (tertiary/aromatic N) is 6. The molecule has 3 rings (SSSR count). The van der Waals surface area contributed by atoms with E-state index < -0.39 is 6.04 Å². The maximum absolute atomic E-state index is 12.7. The van der Waals surface area contributed by atoms with Crippen LogP contribution in [-0.4, -0.2) is 72.0 Å². The van der Waals surface area contributed by atoms with Gasteiger partial charge in [-0.1, -0.05) is 48.0 Å². The molecule has 1 unspecified atom stereocenters. The predicted molar refractivity (Wildman–Crippen MR) is 143 cm³/mol. The monoisotopic (exact) mass is 510 g/mol. The SMILES string of the molecule is C=C/C(Cl)=C\C=C(/C)c1cc2c(N3CCN(C(=O)/C=C/CN(C)C)C(C#N)C3)ncnc2cc1Cl. The molecule has 9 heteroatoms. The van der Waals surface area contributed by atoms with Gasteiger partial charge in [0, 0.05) is 36.1 Å². The first-order chi connectivity index (χ1) is 16.7. The van der Waals surface area contributed by atoms with E-state index in [4.69, 9.17) is 23.2 Å². The van der Waals surface area contributed by atoms with E-state index in [2.05, 4.69) is 22.6 Å². The maximum atomic E-state index is 12.7. The molecule has 182 valence electrons. The summed E-state index contributed by atoms with van der Waals surface area (Å²) in [5.41, 5.74) is 2.45. The predicted octanol–water partition coefficient (Wildman–Crippen LogP) is 4.65. The smallest absolute Gasteiger partial charge is 0.247 e. The van der Waals surface area contributed by atoms with Crippen molar-refractivity contribution in [2.75, 3.05) is 45.2 Å². The normalized spacial score (nSPS) is 17.3. The Morgan fingerprint density at radius 1 is 1.31 bits per heavy atom. The molecule has 1 fully saturated rings. The minimum atomic E-state index is -0.593. The number of hydrogen-bond acceptors (Lipinski definition) is 6. The molecule has 0 radical (unpaired) electrons. The van der Waals surface area contributed by atoms with Crippen LogP contribution in [0.1, 0.15) is 12.5 Å². The van der Waals surface area contributed by atoms with Crippen LogP contribution >= 0.6 is 23.2 Å². The summed E-state index contributed by atoms with van der Waals surface area (Å²) in [5, 5.41) is 11.7. The molecule has 0 bridgehead atoms. The number of aromatic nitrogens is 2. The second kappa shape index (κ2) is 12.0. The van der Waals surface area contributed by atoms with Gasteiger partial charge in [0.05, 0.1) is 23.2 Å². The van der Waals surface area contributed by atoms with E-state index in [0.717, 1.165) is 16.5 Å². The summed E-state index contributed by atoms with van der Waals surface area (Å²) < 4.78 is 0. The van der Waals surface area contributed by atoms with Crippen LogP contribution in [0.3, 0.4) is 0 Å². The van der Waals surface area contributed by atoms with Gasteiger partial charge in [0.1, 0.15) is 18.2 Å². The van der Waals surface area contributed by atoms with Gasteiger partial charge in [-0.2, -0.15) is 5.26 Å². The van der Waals surface area contributed by atoms with Gasteiger partial charge in [0.25, 0.3) is 0 Å². The molecule has 1 saturated heterocycles. The van der Waals surface area contributed by atoms with Crippen molar-refractivity contribution in [2.24, 2.45) is 0 Å². The van der Waals surface area contributed by atoms with Gasteiger partial charge in [-0.3, -0.25) is 4.79 Å². The highest BCUT2D eigenvalue weighted by Gasteiger charge is 2.31. The van der Waals surface area contributed by atoms with Crippen LogP contribution in [0.4, 0.5) is 5.82 Å². The van der Waals surface area contributed by atoms with Crippen LogP contribution in [0.15, 0.2) is 60.5 Å². The first kappa shape index (κ1) is 26.4. The van der Waals surface area contributed by atoms with Crippen molar-refractivity contribution in [1.82, 2.24) is 19.8 Å². The third-order valence-corrected chi connectivity index (χ3v) is 6.25. The molecule has 1 aromatic carbocycles. The minimum Gasteiger partial charge on any atom is -0.351 e. The molecule has 2 aromatic rings. The van der Waals surface area contributed by atoms with Crippen molar-refractivity contribution >= 4 is 51.4 Å². The summed E-state index contributed by atoms with van der Waals surface area (Å²) in [5.74, 6) is 0.544. The molecule has 0 saturated carbocycles. The fraction of sp³-hybridized carbons (Fsp3) is 0.308. The third kappa shape index (κ3) is 6.49. The van der Waals surface area contributed by atoms with Gasteiger partial charge in [0.15, 0.2) is 0 Å². The van der Waals surface area contributed by atoms with Crippen LogP contribution in [0, 0.1) is 11.3 Å². The number of piperazine rings is 1. The zero-order valence-corrected chi connectivity index (χ0v) is 21.6. The lowest BCUT2D eigenvalue weighted by Crippen LogP contribution is -2.54. The number of fused-ring (bicyclic) bond motifs is 1. The Hall–Kier alpha value is -3.18. The summed E-state index contributed by atoms with van der Waals surface area (Å²) in [6, 6.07) is 5.45. The van der Waals surface area contributed by atoms with Crippen LogP contribution in [-0.2, 0) is 4.79 Å². The van der Waals surface area contributed by atoms with Gasteiger partial charge in [-0.15, -0.1) is 0 Å². The maximum Gasteiger partial charge on any atom is 0.247 e. The lowest BCUT2D eigenvalue weighted by Gasteiger charge is -2.38. The van der Waals surface area contributed by atoms with E-state index in [-0.39, 0.29) is 5.91 Å². The fourth-order valence-electron chi connectivity index (χ4n) is 3.79. The summed E-state index contributed by atoms with van der Waals surface area (Å²) >= 11 is 12.6. The minimum absolute atomic E-state index is 0.160. The second-order valence-corrected chi connectivity index (χ2v) is 9.28. The molecule has 35 heavy (non-hydrogen) atoms. The molecule has 0 aliphatic carbocycles. The Balaban J connectivity index is 1.91. The molecule has 1 amide bonds. The number of carbonyl (C=O) groups is 1. The Morgan fingerprint density at radius 3 is 2.77 bits per heavy atom. The van der Waals surface area contributed by atoms with Gasteiger partial charge < -0.3 is 14.7 Å². The molecule has 0 N–H and O–H groups in total. The number of anilines is 1. The molecule has 2 heterocycles. The number of nitriles is 1. The summed E-state index contributed by atoms with van der Waals surface area (Å²) in [7, 11) is 3.86. The molecular formula is C26H28Cl2N6O. The Morgan fingerprint density at radius 2 is 2.09 bits per heavy atom. The fourth-order valence-corrected chi connectivity index (χ4v) is 4.16. The zero-order valence-electron chi connectivity index (χ0n) is 20.1. The van der Waals surface area contributed by atoms with E-state index in [9.17, 15) is 10.1 Å². The first-order valence-electron chi connectivity index (χ1n) is 11.1. The highest BCUT2D eigenvalue weighted by molar-refractivity contribution is 6.33. The Labute approximate surface area is 216 Å². The molecule has 0 spiro atoms. The Kier molecular flexibility index (Phi) is 9.05. The van der Waals surface area contributed by atoms with E-state index in [1.807, 2.05) is 49.0 Å². The Bertz CT molecular complexity index is 1240. The summed E-state index contributed by atoms with van der Waals surface area (Å²) in [4.78, 5) is 27.2. The summed E-state index contributed by atoms with van der Waals surface area (Å²) in [6.07, 6.45) is 10.0. The van der Waals surface area contributed by atoms with E-state index in [1.54, 1.807) is 23.1 Å². The summed E-state index contributed by atoms with van der Waals surface area (Å²) in [6.45, 7) is 7.56. The first-order valence-corrected chi connectivity index (χ1v) is 11.9. The quantitative estimate of drug-likeness (QED) is 0.398. The molecule has 1 aliphatic rings. The molecule has 1 aromatic heterocycles. The number of carbonyl (C=O) groups excluding carboxylic acids is 1. The third-order valence-electron chi connectivity index (χ3n) is 5.66. The molecule has 7 nitrogen and oxygen atoms in total. The average molecular weight is 511 g/mol. The number of halogens is 2. The van der Waals surface area contributed by atoms with Crippen molar-refractivity contribution in [1.29, 1.82) is 5.26 Å². The lowest BCUT2D eigenvalue weighted by molar-refractivity contribution is -0.127. The molecule has 1 atom stereocenters. The number of benzene rings is 1. The number of amides is 1. The molecular weight excluding hydrogens is 483 g/mol. The van der Waals surface area contributed by atoms with Gasteiger partial charge in [-0.25, -0.2) is 9.97 Å². The van der Waals surface area contributed by atoms with E-state index in [1.165, 1.54) is 12.4 Å². The number of hydrogen-bond donors (Lipinski definition) is 0. The zero-order chi connectivity index (χ0) is 25.5. The standard InChI is InChI=1S/C26H28Cl2N6O/c1-5-19(27)9-8-18(2)21-13-22-24(14-23(21)28)30-17-31-26(22)33-11-12-34(20(15-29)16-33)25(35)7-6-10-32(3)4/h5-9,13-14,17,20H,1,10-12,16H2,2-4H3/b7-6+,18-8+,19-9+. The molecule has 1 aliphatic heterocycles. The van der Waals surface area contributed by atoms with Crippen LogP contribution < -0.4 is 4.90 Å². The van der Waals surface area contributed by atoms with Crippen molar-refractivity contribution in [3.05, 3.63) is 71.0 Å². The number of rotatable bonds is 7. The van der Waals surface area contributed by atoms with Crippen molar-refractivity contribution in [3.63, 3.8) is 0 Å².